The molecule has 0 N–H and O–H groups in total. The third kappa shape index (κ3) is 9.02. The molecule has 0 saturated carbocycles. The van der Waals surface area contributed by atoms with E-state index in [0.29, 0.717) is 33.2 Å². The predicted molar refractivity (Wildman–Crippen MR) is 187 cm³/mol. The highest BCUT2D eigenvalue weighted by atomic mass is 127. The summed E-state index contributed by atoms with van der Waals surface area (Å²) in [6.45, 7) is 11.8. The molecule has 45 heavy (non-hydrogen) atoms. The molecule has 0 unspecified atom stereocenters. The summed E-state index contributed by atoms with van der Waals surface area (Å²) in [6.07, 6.45) is 0. The highest BCUT2D eigenvalue weighted by Crippen LogP contribution is 2.42. The van der Waals surface area contributed by atoms with Gasteiger partial charge in [0.15, 0.2) is 19.8 Å². The number of methoxy groups -OCH3 is 2. The van der Waals surface area contributed by atoms with E-state index in [-0.39, 0.29) is 29.6 Å². The van der Waals surface area contributed by atoms with E-state index < -0.39 is 14.3 Å². The van der Waals surface area contributed by atoms with Gasteiger partial charge >= 0.3 is 5.97 Å². The minimum Gasteiger partial charge on any atom is -0.497 e. The molecule has 0 spiro atoms. The number of carbonyl (C=O) groups is 1. The van der Waals surface area contributed by atoms with Gasteiger partial charge in [0, 0.05) is 9.64 Å². The van der Waals surface area contributed by atoms with Gasteiger partial charge in [0.25, 0.3) is 0 Å². The Balaban J connectivity index is 1.71. The molecule has 0 saturated heterocycles. The van der Waals surface area contributed by atoms with Crippen molar-refractivity contribution in [2.24, 2.45) is 0 Å². The summed E-state index contributed by atoms with van der Waals surface area (Å²) in [5.41, 5.74) is 3.01. The van der Waals surface area contributed by atoms with Crippen molar-refractivity contribution >= 4 is 36.9 Å². The molecule has 9 heteroatoms. The summed E-state index contributed by atoms with van der Waals surface area (Å²) in [5, 5.41) is 0.0340. The maximum absolute atomic E-state index is 14.0. The van der Waals surface area contributed by atoms with Crippen LogP contribution in [0.2, 0.25) is 18.1 Å². The molecule has 4 rings (SSSR count). The summed E-state index contributed by atoms with van der Waals surface area (Å²) in [4.78, 5) is 14.0. The summed E-state index contributed by atoms with van der Waals surface area (Å²) in [7, 11) is 1.08. The Morgan fingerprint density at radius 2 is 1.29 bits per heavy atom. The van der Waals surface area contributed by atoms with Crippen LogP contribution in [-0.4, -0.2) is 28.5 Å². The molecule has 0 bridgehead atoms. The highest BCUT2D eigenvalue weighted by Gasteiger charge is 2.37. The molecule has 4 aromatic carbocycles. The van der Waals surface area contributed by atoms with Crippen molar-refractivity contribution in [1.29, 1.82) is 0 Å². The van der Waals surface area contributed by atoms with E-state index in [9.17, 15) is 4.79 Å². The summed E-state index contributed by atoms with van der Waals surface area (Å²) >= 11 is 2.10. The smallest absolute Gasteiger partial charge is 0.348 e. The molecule has 0 heterocycles. The minimum absolute atomic E-state index is 0.0340. The van der Waals surface area contributed by atoms with Crippen LogP contribution in [0.5, 0.6) is 28.7 Å². The molecular formula is C36H41IO7Si. The first-order valence-corrected chi connectivity index (χ1v) is 18.7. The van der Waals surface area contributed by atoms with E-state index in [2.05, 4.69) is 56.5 Å². The van der Waals surface area contributed by atoms with Crippen molar-refractivity contribution in [2.75, 3.05) is 14.2 Å². The van der Waals surface area contributed by atoms with E-state index in [0.717, 1.165) is 16.7 Å². The predicted octanol–water partition coefficient (Wildman–Crippen LogP) is 9.21. The second kappa shape index (κ2) is 15.2. The number of hydrogen-bond donors (Lipinski definition) is 0. The number of benzene rings is 4. The van der Waals surface area contributed by atoms with E-state index in [1.165, 1.54) is 0 Å². The molecule has 0 aromatic heterocycles. The number of rotatable bonds is 13. The largest absolute Gasteiger partial charge is 0.497 e. The monoisotopic (exact) mass is 740 g/mol. The van der Waals surface area contributed by atoms with Gasteiger partial charge in [0.05, 0.1) is 20.8 Å². The molecule has 238 valence electrons. The van der Waals surface area contributed by atoms with Gasteiger partial charge in [0.2, 0.25) is 5.75 Å². The summed E-state index contributed by atoms with van der Waals surface area (Å²) in [5.74, 6) is 1.31. The highest BCUT2D eigenvalue weighted by molar-refractivity contribution is 14.1. The fraction of sp³-hybridized carbons (Fsp3) is 0.306. The third-order valence-electron chi connectivity index (χ3n) is 7.84. The number of hydrogen-bond acceptors (Lipinski definition) is 7. The van der Waals surface area contributed by atoms with Crippen LogP contribution in [-0.2, 0) is 24.2 Å². The summed E-state index contributed by atoms with van der Waals surface area (Å²) < 4.78 is 36.9. The van der Waals surface area contributed by atoms with Crippen LogP contribution in [0.3, 0.4) is 0 Å². The lowest BCUT2D eigenvalue weighted by atomic mass is 10.1. The van der Waals surface area contributed by atoms with Crippen LogP contribution < -0.4 is 23.7 Å². The van der Waals surface area contributed by atoms with Gasteiger partial charge in [-0.2, -0.15) is 0 Å². The van der Waals surface area contributed by atoms with Crippen LogP contribution >= 0.6 is 22.6 Å². The number of halogens is 1. The van der Waals surface area contributed by atoms with Gasteiger partial charge in [-0.3, -0.25) is 0 Å². The SMILES string of the molecule is COc1cc(I)c(C(=O)Oc2cc(CO[Si](C)(C)C(C)(C)C)cc(OC)c2OCc2ccccc2)c(OCc2ccccc2)c1. The average molecular weight is 741 g/mol. The zero-order valence-electron chi connectivity index (χ0n) is 26.9. The third-order valence-corrected chi connectivity index (χ3v) is 13.2. The van der Waals surface area contributed by atoms with Crippen molar-refractivity contribution in [3.8, 4) is 28.7 Å². The maximum Gasteiger partial charge on any atom is 0.348 e. The fourth-order valence-corrected chi connectivity index (χ4v) is 5.92. The first-order chi connectivity index (χ1) is 21.4. The lowest BCUT2D eigenvalue weighted by Gasteiger charge is -2.36. The zero-order valence-corrected chi connectivity index (χ0v) is 30.1. The van der Waals surface area contributed by atoms with Crippen molar-refractivity contribution < 1.29 is 32.9 Å². The van der Waals surface area contributed by atoms with Crippen LogP contribution in [0.25, 0.3) is 0 Å². The molecule has 7 nitrogen and oxygen atoms in total. The zero-order chi connectivity index (χ0) is 32.6. The van der Waals surface area contributed by atoms with Crippen LogP contribution in [0, 0.1) is 3.57 Å². The van der Waals surface area contributed by atoms with Gasteiger partial charge in [-0.05, 0) is 75.6 Å². The van der Waals surface area contributed by atoms with Gasteiger partial charge in [0.1, 0.15) is 30.3 Å². The molecular weight excluding hydrogens is 699 g/mol. The fourth-order valence-electron chi connectivity index (χ4n) is 4.17. The van der Waals surface area contributed by atoms with E-state index >= 15 is 0 Å². The number of carbonyl (C=O) groups excluding carboxylic acids is 1. The lowest BCUT2D eigenvalue weighted by molar-refractivity contribution is 0.0720. The van der Waals surface area contributed by atoms with Crippen LogP contribution in [0.4, 0.5) is 0 Å². The molecule has 0 fully saturated rings. The van der Waals surface area contributed by atoms with Gasteiger partial charge in [-0.1, -0.05) is 81.4 Å². The van der Waals surface area contributed by atoms with Gasteiger partial charge < -0.3 is 28.1 Å². The van der Waals surface area contributed by atoms with Crippen molar-refractivity contribution in [1.82, 2.24) is 0 Å². The quantitative estimate of drug-likeness (QED) is 0.0586. The normalized spacial score (nSPS) is 11.6. The molecule has 0 radical (unpaired) electrons. The van der Waals surface area contributed by atoms with E-state index in [1.807, 2.05) is 66.7 Å². The van der Waals surface area contributed by atoms with Gasteiger partial charge in [-0.15, -0.1) is 0 Å². The Morgan fingerprint density at radius 3 is 1.84 bits per heavy atom. The molecule has 0 aliphatic carbocycles. The molecule has 0 aliphatic rings. The Kier molecular flexibility index (Phi) is 11.6. The topological polar surface area (TPSA) is 72.5 Å². The molecule has 0 atom stereocenters. The molecule has 0 amide bonds. The Morgan fingerprint density at radius 1 is 0.711 bits per heavy atom. The van der Waals surface area contributed by atoms with Crippen LogP contribution in [0.15, 0.2) is 84.9 Å². The Labute approximate surface area is 281 Å². The standard InChI is InChI=1S/C36H41IO7Si/c1-36(2,3)45(6,7)43-24-27-18-31(40-5)34(42-23-26-16-12-9-13-17-26)32(19-27)44-35(38)33-29(37)20-28(39-4)21-30(33)41-22-25-14-10-8-11-15-25/h8-21H,22-24H2,1-7H3. The second-order valence-electron chi connectivity index (χ2n) is 12.1. The van der Waals surface area contributed by atoms with E-state index in [1.54, 1.807) is 32.4 Å². The Bertz CT molecular complexity index is 1590. The number of esters is 1. The maximum atomic E-state index is 14.0. The minimum atomic E-state index is -2.06. The average Bonchev–Trinajstić information content (AvgIpc) is 3.02. The van der Waals surface area contributed by atoms with Gasteiger partial charge in [-0.25, -0.2) is 4.79 Å². The molecule has 0 aliphatic heterocycles. The van der Waals surface area contributed by atoms with Crippen molar-refractivity contribution in [3.63, 3.8) is 0 Å². The first-order valence-electron chi connectivity index (χ1n) is 14.7. The van der Waals surface area contributed by atoms with Crippen LogP contribution in [0.1, 0.15) is 47.8 Å². The lowest BCUT2D eigenvalue weighted by Crippen LogP contribution is -2.40. The Hall–Kier alpha value is -3.54. The number of ether oxygens (including phenoxy) is 5. The summed E-state index contributed by atoms with van der Waals surface area (Å²) in [6, 6.07) is 26.6. The van der Waals surface area contributed by atoms with Crippen molar-refractivity contribution in [2.45, 2.75) is 58.7 Å². The molecule has 4 aromatic rings. The first kappa shape index (κ1) is 34.3. The van der Waals surface area contributed by atoms with E-state index in [4.69, 9.17) is 28.1 Å². The second-order valence-corrected chi connectivity index (χ2v) is 18.1. The van der Waals surface area contributed by atoms with Crippen molar-refractivity contribution in [3.05, 3.63) is 111 Å².